The second-order valence-corrected chi connectivity index (χ2v) is 4.67. The number of benzene rings is 1. The van der Waals surface area contributed by atoms with E-state index < -0.39 is 0 Å². The molecule has 0 aliphatic carbocycles. The highest BCUT2D eigenvalue weighted by molar-refractivity contribution is 7.99. The Bertz CT molecular complexity index is 246. The highest BCUT2D eigenvalue weighted by Gasteiger charge is 1.96. The summed E-state index contributed by atoms with van der Waals surface area (Å²) in [6, 6.07) is 8.19. The van der Waals surface area contributed by atoms with Crippen molar-refractivity contribution in [3.8, 4) is 0 Å². The van der Waals surface area contributed by atoms with Gasteiger partial charge in [0.05, 0.1) is 0 Å². The summed E-state index contributed by atoms with van der Waals surface area (Å²) in [6.07, 6.45) is 1.05. The highest BCUT2D eigenvalue weighted by Crippen LogP contribution is 2.20. The van der Waals surface area contributed by atoms with Gasteiger partial charge < -0.3 is 5.73 Å². The summed E-state index contributed by atoms with van der Waals surface area (Å²) < 4.78 is 0. The van der Waals surface area contributed by atoms with Crippen molar-refractivity contribution < 1.29 is 0 Å². The van der Waals surface area contributed by atoms with Gasteiger partial charge in [0.1, 0.15) is 0 Å². The van der Waals surface area contributed by atoms with Crippen LogP contribution in [0.3, 0.4) is 0 Å². The normalized spacial score (nSPS) is 12.8. The molecule has 1 aromatic carbocycles. The molecular weight excluding hydrogens is 202 g/mol. The molecule has 3 heteroatoms. The standard InChI is InChI=1S/C10H14ClNS/c1-8(12)6-7-13-10-4-2-9(11)3-5-10/h2-5,8H,6-7,12H2,1H3. The number of nitrogens with two attached hydrogens (primary N) is 1. The van der Waals surface area contributed by atoms with Crippen molar-refractivity contribution in [2.45, 2.75) is 24.3 Å². The first-order valence-electron chi connectivity index (χ1n) is 4.32. The summed E-state index contributed by atoms with van der Waals surface area (Å²) in [4.78, 5) is 1.25. The van der Waals surface area contributed by atoms with E-state index >= 15 is 0 Å². The van der Waals surface area contributed by atoms with Crippen molar-refractivity contribution >= 4 is 23.4 Å². The summed E-state index contributed by atoms with van der Waals surface area (Å²) in [7, 11) is 0. The summed E-state index contributed by atoms with van der Waals surface area (Å²) in [5, 5.41) is 0.788. The van der Waals surface area contributed by atoms with Crippen LogP contribution in [0.2, 0.25) is 5.02 Å². The van der Waals surface area contributed by atoms with Gasteiger partial charge in [0.2, 0.25) is 0 Å². The molecule has 0 heterocycles. The Labute approximate surface area is 88.7 Å². The molecule has 0 bridgehead atoms. The molecule has 0 fully saturated rings. The Morgan fingerprint density at radius 2 is 2.00 bits per heavy atom. The SMILES string of the molecule is CC(N)CCSc1ccc(Cl)cc1. The zero-order valence-corrected chi connectivity index (χ0v) is 9.24. The van der Waals surface area contributed by atoms with Crippen molar-refractivity contribution in [3.05, 3.63) is 29.3 Å². The number of rotatable bonds is 4. The van der Waals surface area contributed by atoms with E-state index in [1.54, 1.807) is 0 Å². The van der Waals surface area contributed by atoms with E-state index in [2.05, 4.69) is 0 Å². The van der Waals surface area contributed by atoms with Gasteiger partial charge >= 0.3 is 0 Å². The van der Waals surface area contributed by atoms with Crippen LogP contribution in [0.4, 0.5) is 0 Å². The number of hydrogen-bond donors (Lipinski definition) is 1. The van der Waals surface area contributed by atoms with Gasteiger partial charge in [-0.2, -0.15) is 0 Å². The smallest absolute Gasteiger partial charge is 0.0406 e. The third-order valence-corrected chi connectivity index (χ3v) is 2.95. The number of hydrogen-bond acceptors (Lipinski definition) is 2. The predicted molar refractivity (Wildman–Crippen MR) is 60.4 cm³/mol. The maximum Gasteiger partial charge on any atom is 0.0406 e. The van der Waals surface area contributed by atoms with Gasteiger partial charge in [-0.05, 0) is 43.4 Å². The Morgan fingerprint density at radius 1 is 1.38 bits per heavy atom. The van der Waals surface area contributed by atoms with E-state index in [1.807, 2.05) is 43.0 Å². The lowest BCUT2D eigenvalue weighted by atomic mass is 10.3. The predicted octanol–water partition coefficient (Wildman–Crippen LogP) is 3.17. The number of thioether (sulfide) groups is 1. The zero-order valence-electron chi connectivity index (χ0n) is 7.66. The maximum absolute atomic E-state index is 5.77. The molecule has 0 amide bonds. The molecule has 0 radical (unpaired) electrons. The largest absolute Gasteiger partial charge is 0.328 e. The fraction of sp³-hybridized carbons (Fsp3) is 0.400. The van der Waals surface area contributed by atoms with Crippen molar-refractivity contribution in [2.75, 3.05) is 5.75 Å². The van der Waals surface area contributed by atoms with Gasteiger partial charge in [0.25, 0.3) is 0 Å². The summed E-state index contributed by atoms with van der Waals surface area (Å²) in [5.74, 6) is 1.07. The van der Waals surface area contributed by atoms with Crippen molar-refractivity contribution in [1.29, 1.82) is 0 Å². The molecule has 2 N–H and O–H groups in total. The third kappa shape index (κ3) is 4.55. The van der Waals surface area contributed by atoms with Gasteiger partial charge in [-0.15, -0.1) is 11.8 Å². The monoisotopic (exact) mass is 215 g/mol. The summed E-state index contributed by atoms with van der Waals surface area (Å²) in [5.41, 5.74) is 5.65. The lowest BCUT2D eigenvalue weighted by Gasteiger charge is -2.04. The molecule has 0 spiro atoms. The first-order valence-corrected chi connectivity index (χ1v) is 5.69. The number of halogens is 1. The van der Waals surface area contributed by atoms with Crippen LogP contribution in [-0.4, -0.2) is 11.8 Å². The highest BCUT2D eigenvalue weighted by atomic mass is 35.5. The molecule has 1 unspecified atom stereocenters. The molecule has 1 nitrogen and oxygen atoms in total. The van der Waals surface area contributed by atoms with Crippen LogP contribution in [0.15, 0.2) is 29.2 Å². The van der Waals surface area contributed by atoms with E-state index in [1.165, 1.54) is 4.90 Å². The molecule has 1 rings (SSSR count). The zero-order chi connectivity index (χ0) is 9.68. The van der Waals surface area contributed by atoms with Gasteiger partial charge in [0.15, 0.2) is 0 Å². The fourth-order valence-corrected chi connectivity index (χ4v) is 2.07. The van der Waals surface area contributed by atoms with Crippen molar-refractivity contribution in [3.63, 3.8) is 0 Å². The van der Waals surface area contributed by atoms with Gasteiger partial charge in [-0.3, -0.25) is 0 Å². The Kier molecular flexibility index (Phi) is 4.64. The molecule has 1 aromatic rings. The Morgan fingerprint density at radius 3 is 2.54 bits per heavy atom. The van der Waals surface area contributed by atoms with Crippen molar-refractivity contribution in [1.82, 2.24) is 0 Å². The second-order valence-electron chi connectivity index (χ2n) is 3.07. The molecule has 72 valence electrons. The van der Waals surface area contributed by atoms with Crippen LogP contribution in [0.1, 0.15) is 13.3 Å². The first-order chi connectivity index (χ1) is 6.18. The molecule has 0 saturated carbocycles. The molecule has 0 saturated heterocycles. The molecule has 0 aromatic heterocycles. The Balaban J connectivity index is 2.33. The van der Waals surface area contributed by atoms with E-state index in [-0.39, 0.29) is 0 Å². The van der Waals surface area contributed by atoms with Crippen LogP contribution in [-0.2, 0) is 0 Å². The fourth-order valence-electron chi connectivity index (χ4n) is 0.893. The molecule has 0 aliphatic rings. The quantitative estimate of drug-likeness (QED) is 0.781. The second kappa shape index (κ2) is 5.53. The Hall–Kier alpha value is -0.180. The van der Waals surface area contributed by atoms with E-state index in [0.717, 1.165) is 17.2 Å². The lowest BCUT2D eigenvalue weighted by Crippen LogP contribution is -2.15. The summed E-state index contributed by atoms with van der Waals surface area (Å²) in [6.45, 7) is 2.03. The minimum absolute atomic E-state index is 0.291. The van der Waals surface area contributed by atoms with Crippen LogP contribution >= 0.6 is 23.4 Å². The minimum Gasteiger partial charge on any atom is -0.328 e. The topological polar surface area (TPSA) is 26.0 Å². The first kappa shape index (κ1) is 10.9. The van der Waals surface area contributed by atoms with E-state index in [9.17, 15) is 0 Å². The summed E-state index contributed by atoms with van der Waals surface area (Å²) >= 11 is 7.59. The van der Waals surface area contributed by atoms with Crippen LogP contribution < -0.4 is 5.73 Å². The van der Waals surface area contributed by atoms with E-state index in [0.29, 0.717) is 6.04 Å². The van der Waals surface area contributed by atoms with Gasteiger partial charge in [0, 0.05) is 16.0 Å². The molecule has 0 aliphatic heterocycles. The van der Waals surface area contributed by atoms with Gasteiger partial charge in [-0.1, -0.05) is 11.6 Å². The lowest BCUT2D eigenvalue weighted by molar-refractivity contribution is 0.721. The van der Waals surface area contributed by atoms with Crippen LogP contribution in [0.25, 0.3) is 0 Å². The third-order valence-electron chi connectivity index (χ3n) is 1.66. The maximum atomic E-state index is 5.77. The average molecular weight is 216 g/mol. The van der Waals surface area contributed by atoms with Gasteiger partial charge in [-0.25, -0.2) is 0 Å². The molecule has 13 heavy (non-hydrogen) atoms. The van der Waals surface area contributed by atoms with Crippen LogP contribution in [0.5, 0.6) is 0 Å². The van der Waals surface area contributed by atoms with Crippen molar-refractivity contribution in [2.24, 2.45) is 5.73 Å². The molecule has 1 atom stereocenters. The van der Waals surface area contributed by atoms with Crippen LogP contribution in [0, 0.1) is 0 Å². The molecular formula is C10H14ClNS. The average Bonchev–Trinajstić information content (AvgIpc) is 2.08. The minimum atomic E-state index is 0.291. The van der Waals surface area contributed by atoms with E-state index in [4.69, 9.17) is 17.3 Å².